The molecular formula is C18H16BrNO3S. The van der Waals surface area contributed by atoms with Crippen LogP contribution in [-0.4, -0.2) is 35.0 Å². The molecule has 0 N–H and O–H groups in total. The van der Waals surface area contributed by atoms with E-state index >= 15 is 0 Å². The maximum Gasteiger partial charge on any atom is 0.312 e. The maximum absolute atomic E-state index is 11.9. The average Bonchev–Trinajstić information content (AvgIpc) is 3.00. The highest BCUT2D eigenvalue weighted by Crippen LogP contribution is 2.24. The van der Waals surface area contributed by atoms with E-state index in [9.17, 15) is 9.59 Å². The standard InChI is InChI=1S/C18H16BrNO3S/c19-15-5-1-13(2-6-15)14-3-7-16(8-4-14)23-17(21)9-10-20-11-12-24-18(20)22/h1-8H,9-12H2. The molecule has 0 aliphatic carbocycles. The second-order valence-corrected chi connectivity index (χ2v) is 7.32. The van der Waals surface area contributed by atoms with Crippen molar-refractivity contribution >= 4 is 38.9 Å². The second-order valence-electron chi connectivity index (χ2n) is 5.36. The minimum absolute atomic E-state index is 0.0432. The quantitative estimate of drug-likeness (QED) is 0.539. The van der Waals surface area contributed by atoms with Gasteiger partial charge in [-0.05, 0) is 35.4 Å². The molecule has 0 aromatic heterocycles. The van der Waals surface area contributed by atoms with Gasteiger partial charge < -0.3 is 9.64 Å². The molecule has 24 heavy (non-hydrogen) atoms. The molecule has 2 aromatic rings. The van der Waals surface area contributed by atoms with Gasteiger partial charge >= 0.3 is 5.97 Å². The van der Waals surface area contributed by atoms with Gasteiger partial charge in [-0.1, -0.05) is 52.0 Å². The van der Waals surface area contributed by atoms with Crippen LogP contribution in [0.3, 0.4) is 0 Å². The molecule has 3 rings (SSSR count). The Hall–Kier alpha value is -1.79. The van der Waals surface area contributed by atoms with Gasteiger partial charge in [-0.25, -0.2) is 0 Å². The van der Waals surface area contributed by atoms with Gasteiger partial charge in [-0.3, -0.25) is 9.59 Å². The van der Waals surface area contributed by atoms with Gasteiger partial charge in [-0.15, -0.1) is 0 Å². The summed E-state index contributed by atoms with van der Waals surface area (Å²) in [7, 11) is 0. The van der Waals surface area contributed by atoms with Crippen molar-refractivity contribution in [3.05, 3.63) is 53.0 Å². The fourth-order valence-corrected chi connectivity index (χ4v) is 3.51. The number of rotatable bonds is 5. The molecule has 4 nitrogen and oxygen atoms in total. The SMILES string of the molecule is O=C(CCN1CCSC1=O)Oc1ccc(-c2ccc(Br)cc2)cc1. The lowest BCUT2D eigenvalue weighted by Gasteiger charge is -2.13. The Morgan fingerprint density at radius 3 is 2.29 bits per heavy atom. The van der Waals surface area contributed by atoms with Crippen molar-refractivity contribution in [1.29, 1.82) is 0 Å². The number of esters is 1. The van der Waals surface area contributed by atoms with E-state index in [1.165, 1.54) is 11.8 Å². The van der Waals surface area contributed by atoms with E-state index in [2.05, 4.69) is 15.9 Å². The summed E-state index contributed by atoms with van der Waals surface area (Å²) in [6, 6.07) is 15.4. The van der Waals surface area contributed by atoms with Crippen molar-refractivity contribution in [3.63, 3.8) is 0 Å². The fraction of sp³-hybridized carbons (Fsp3) is 0.222. The summed E-state index contributed by atoms with van der Waals surface area (Å²) in [4.78, 5) is 25.1. The summed E-state index contributed by atoms with van der Waals surface area (Å²) < 4.78 is 6.36. The van der Waals surface area contributed by atoms with E-state index in [0.717, 1.165) is 21.4 Å². The molecular weight excluding hydrogens is 390 g/mol. The number of carbonyl (C=O) groups excluding carboxylic acids is 2. The number of amides is 1. The number of benzene rings is 2. The Morgan fingerprint density at radius 2 is 1.71 bits per heavy atom. The number of thioether (sulfide) groups is 1. The maximum atomic E-state index is 11.9. The van der Waals surface area contributed by atoms with Crippen LogP contribution in [-0.2, 0) is 4.79 Å². The number of halogens is 1. The van der Waals surface area contributed by atoms with E-state index in [0.29, 0.717) is 18.8 Å². The van der Waals surface area contributed by atoms with Gasteiger partial charge in [0.1, 0.15) is 5.75 Å². The van der Waals surface area contributed by atoms with Gasteiger partial charge in [0.25, 0.3) is 5.24 Å². The summed E-state index contributed by atoms with van der Waals surface area (Å²) in [5.74, 6) is 0.991. The molecule has 0 saturated carbocycles. The molecule has 6 heteroatoms. The third kappa shape index (κ3) is 4.39. The first-order valence-electron chi connectivity index (χ1n) is 7.60. The third-order valence-electron chi connectivity index (χ3n) is 3.69. The average molecular weight is 406 g/mol. The van der Waals surface area contributed by atoms with E-state index in [1.807, 2.05) is 36.4 Å². The molecule has 1 fully saturated rings. The van der Waals surface area contributed by atoms with Crippen molar-refractivity contribution in [2.45, 2.75) is 6.42 Å². The minimum Gasteiger partial charge on any atom is -0.426 e. The molecule has 124 valence electrons. The van der Waals surface area contributed by atoms with E-state index in [-0.39, 0.29) is 17.6 Å². The predicted molar refractivity (Wildman–Crippen MR) is 99.3 cm³/mol. The Kier molecular flexibility index (Phi) is 5.58. The first-order valence-corrected chi connectivity index (χ1v) is 9.38. The molecule has 0 atom stereocenters. The minimum atomic E-state index is -0.323. The van der Waals surface area contributed by atoms with Crippen molar-refractivity contribution in [1.82, 2.24) is 4.90 Å². The van der Waals surface area contributed by atoms with Gasteiger partial charge in [-0.2, -0.15) is 0 Å². The molecule has 0 unspecified atom stereocenters. The van der Waals surface area contributed by atoms with Crippen LogP contribution in [0.15, 0.2) is 53.0 Å². The zero-order chi connectivity index (χ0) is 16.9. The highest BCUT2D eigenvalue weighted by molar-refractivity contribution is 9.10. The van der Waals surface area contributed by atoms with Crippen molar-refractivity contribution in [2.75, 3.05) is 18.8 Å². The second kappa shape index (κ2) is 7.85. The van der Waals surface area contributed by atoms with Crippen LogP contribution >= 0.6 is 27.7 Å². The Bertz CT molecular complexity index is 731. The highest BCUT2D eigenvalue weighted by Gasteiger charge is 2.21. The lowest BCUT2D eigenvalue weighted by atomic mass is 10.1. The largest absolute Gasteiger partial charge is 0.426 e. The fourth-order valence-electron chi connectivity index (χ4n) is 2.40. The molecule has 0 radical (unpaired) electrons. The van der Waals surface area contributed by atoms with Gasteiger partial charge in [0.2, 0.25) is 0 Å². The van der Waals surface area contributed by atoms with Crippen LogP contribution in [0.1, 0.15) is 6.42 Å². The monoisotopic (exact) mass is 405 g/mol. The molecule has 1 aliphatic heterocycles. The summed E-state index contributed by atoms with van der Waals surface area (Å²) in [6.45, 7) is 1.13. The van der Waals surface area contributed by atoms with E-state index < -0.39 is 0 Å². The normalized spacial score (nSPS) is 14.0. The van der Waals surface area contributed by atoms with Crippen LogP contribution in [0.2, 0.25) is 0 Å². The van der Waals surface area contributed by atoms with Gasteiger partial charge in [0.15, 0.2) is 0 Å². The number of carbonyl (C=O) groups is 2. The lowest BCUT2D eigenvalue weighted by Crippen LogP contribution is -2.27. The molecule has 1 heterocycles. The number of hydrogen-bond donors (Lipinski definition) is 0. The van der Waals surface area contributed by atoms with Gasteiger partial charge in [0.05, 0.1) is 6.42 Å². The summed E-state index contributed by atoms with van der Waals surface area (Å²) >= 11 is 4.71. The third-order valence-corrected chi connectivity index (χ3v) is 5.11. The molecule has 1 amide bonds. The first-order chi connectivity index (χ1) is 11.6. The van der Waals surface area contributed by atoms with Crippen LogP contribution in [0, 0.1) is 0 Å². The Balaban J connectivity index is 1.54. The number of ether oxygens (including phenoxy) is 1. The summed E-state index contributed by atoms with van der Waals surface area (Å²) in [6.07, 6.45) is 0.209. The van der Waals surface area contributed by atoms with E-state index in [4.69, 9.17) is 4.74 Å². The topological polar surface area (TPSA) is 46.6 Å². The Labute approximate surface area is 153 Å². The predicted octanol–water partition coefficient (Wildman–Crippen LogP) is 4.58. The van der Waals surface area contributed by atoms with Crippen molar-refractivity contribution in [3.8, 4) is 16.9 Å². The van der Waals surface area contributed by atoms with Crippen LogP contribution in [0.4, 0.5) is 4.79 Å². The molecule has 0 spiro atoms. The zero-order valence-corrected chi connectivity index (χ0v) is 15.3. The molecule has 1 saturated heterocycles. The van der Waals surface area contributed by atoms with Crippen LogP contribution in [0.5, 0.6) is 5.75 Å². The summed E-state index contributed by atoms with van der Waals surface area (Å²) in [5.41, 5.74) is 2.16. The number of hydrogen-bond acceptors (Lipinski definition) is 4. The van der Waals surface area contributed by atoms with E-state index in [1.54, 1.807) is 17.0 Å². The van der Waals surface area contributed by atoms with Crippen LogP contribution in [0.25, 0.3) is 11.1 Å². The highest BCUT2D eigenvalue weighted by atomic mass is 79.9. The molecule has 2 aromatic carbocycles. The van der Waals surface area contributed by atoms with Gasteiger partial charge in [0, 0.05) is 23.3 Å². The zero-order valence-electron chi connectivity index (χ0n) is 12.9. The molecule has 0 bridgehead atoms. The van der Waals surface area contributed by atoms with Crippen molar-refractivity contribution < 1.29 is 14.3 Å². The first kappa shape index (κ1) is 17.0. The summed E-state index contributed by atoms with van der Waals surface area (Å²) in [5, 5.41) is 0.0432. The Morgan fingerprint density at radius 1 is 1.08 bits per heavy atom. The smallest absolute Gasteiger partial charge is 0.312 e. The number of nitrogens with zero attached hydrogens (tertiary/aromatic N) is 1. The van der Waals surface area contributed by atoms with Crippen molar-refractivity contribution in [2.24, 2.45) is 0 Å². The lowest BCUT2D eigenvalue weighted by molar-refractivity contribution is -0.134. The molecule has 1 aliphatic rings. The van der Waals surface area contributed by atoms with Crippen LogP contribution < -0.4 is 4.74 Å².